The second kappa shape index (κ2) is 7.21. The first-order valence-corrected chi connectivity index (χ1v) is 7.17. The summed E-state index contributed by atoms with van der Waals surface area (Å²) in [4.78, 5) is 15.9. The first-order chi connectivity index (χ1) is 9.69. The summed E-state index contributed by atoms with van der Waals surface area (Å²) in [7, 11) is 5.78. The molecule has 4 nitrogen and oxygen atoms in total. The third-order valence-corrected chi connectivity index (χ3v) is 3.50. The van der Waals surface area contributed by atoms with Crippen molar-refractivity contribution in [2.75, 3.05) is 11.9 Å². The predicted octanol–water partition coefficient (Wildman–Crippen LogP) is 1.65. The van der Waals surface area contributed by atoms with Gasteiger partial charge in [-0.1, -0.05) is 37.3 Å². The molecule has 2 aromatic rings. The zero-order chi connectivity index (χ0) is 14.4. The predicted molar refractivity (Wildman–Crippen MR) is 81.6 cm³/mol. The van der Waals surface area contributed by atoms with Crippen molar-refractivity contribution in [2.45, 2.75) is 20.0 Å². The lowest BCUT2D eigenvalue weighted by molar-refractivity contribution is -0.121. The van der Waals surface area contributed by atoms with Crippen molar-refractivity contribution < 1.29 is 9.53 Å². The Labute approximate surface area is 123 Å². The number of anilines is 1. The van der Waals surface area contributed by atoms with Crippen LogP contribution in [0.5, 0.6) is 0 Å². The zero-order valence-electron chi connectivity index (χ0n) is 11.3. The maximum Gasteiger partial charge on any atom is 0.252 e. The number of benzene rings is 1. The fourth-order valence-corrected chi connectivity index (χ4v) is 2.50. The van der Waals surface area contributed by atoms with Gasteiger partial charge in [0.1, 0.15) is 14.5 Å². The van der Waals surface area contributed by atoms with E-state index < -0.39 is 0 Å². The van der Waals surface area contributed by atoms with Gasteiger partial charge < -0.3 is 4.74 Å². The first kappa shape index (κ1) is 14.7. The van der Waals surface area contributed by atoms with E-state index in [-0.39, 0.29) is 12.5 Å². The molecule has 0 fully saturated rings. The van der Waals surface area contributed by atoms with Gasteiger partial charge in [0.15, 0.2) is 5.13 Å². The maximum absolute atomic E-state index is 11.7. The normalized spacial score (nSPS) is 10.4. The Balaban J connectivity index is 1.77. The Morgan fingerprint density at radius 3 is 2.80 bits per heavy atom. The quantitative estimate of drug-likeness (QED) is 0.822. The van der Waals surface area contributed by atoms with Crippen LogP contribution in [0, 0.1) is 0 Å². The summed E-state index contributed by atoms with van der Waals surface area (Å²) in [5.41, 5.74) is 1.85. The molecule has 0 saturated heterocycles. The Hall–Kier alpha value is -1.66. The van der Waals surface area contributed by atoms with Gasteiger partial charge in [0, 0.05) is 5.69 Å². The number of rotatable bonds is 6. The number of nitrogens with one attached hydrogen (secondary N) is 1. The van der Waals surface area contributed by atoms with Crippen molar-refractivity contribution in [1.82, 2.24) is 4.98 Å². The van der Waals surface area contributed by atoms with Crippen LogP contribution in [0.3, 0.4) is 0 Å². The van der Waals surface area contributed by atoms with Crippen LogP contribution in [-0.4, -0.2) is 25.3 Å². The number of ether oxygens (including phenoxy) is 1. The minimum absolute atomic E-state index is 0.00413. The van der Waals surface area contributed by atoms with Crippen LogP contribution in [0.1, 0.15) is 18.2 Å². The molecule has 1 aromatic carbocycles. The van der Waals surface area contributed by atoms with Crippen LogP contribution in [-0.2, 0) is 22.6 Å². The fraction of sp³-hybridized carbons (Fsp3) is 0.286. The van der Waals surface area contributed by atoms with E-state index in [2.05, 4.69) is 10.3 Å². The van der Waals surface area contributed by atoms with Crippen molar-refractivity contribution in [1.29, 1.82) is 0 Å². The highest BCUT2D eigenvalue weighted by molar-refractivity contribution is 7.23. The van der Waals surface area contributed by atoms with Gasteiger partial charge >= 0.3 is 0 Å². The molecule has 2 rings (SSSR count). The van der Waals surface area contributed by atoms with Crippen LogP contribution < -0.4 is 10.1 Å². The van der Waals surface area contributed by atoms with Crippen molar-refractivity contribution in [3.63, 3.8) is 0 Å². The van der Waals surface area contributed by atoms with E-state index in [0.29, 0.717) is 16.5 Å². The number of nitrogens with zero attached hydrogens (tertiary/aromatic N) is 1. The summed E-state index contributed by atoms with van der Waals surface area (Å²) in [6.07, 6.45) is 0.753. The van der Waals surface area contributed by atoms with E-state index in [1.165, 1.54) is 11.3 Å². The summed E-state index contributed by atoms with van der Waals surface area (Å²) in [5, 5.41) is 3.21. The van der Waals surface area contributed by atoms with E-state index in [0.717, 1.165) is 17.7 Å². The van der Waals surface area contributed by atoms with Crippen LogP contribution in [0.2, 0.25) is 0 Å². The summed E-state index contributed by atoms with van der Waals surface area (Å²) in [5.74, 6) is -0.225. The molecule has 0 aliphatic rings. The van der Waals surface area contributed by atoms with Crippen molar-refractivity contribution in [2.24, 2.45) is 0 Å². The highest BCUT2D eigenvalue weighted by Gasteiger charge is 2.09. The van der Waals surface area contributed by atoms with Gasteiger partial charge in [-0.2, -0.15) is 0 Å². The molecule has 0 saturated carbocycles. The van der Waals surface area contributed by atoms with Crippen molar-refractivity contribution in [3.8, 4) is 0 Å². The summed E-state index contributed by atoms with van der Waals surface area (Å²) in [6.45, 7) is 2.38. The minimum Gasteiger partial charge on any atom is -0.367 e. The number of aryl methyl sites for hydroxylation is 1. The first-order valence-electron chi connectivity index (χ1n) is 6.35. The summed E-state index contributed by atoms with van der Waals surface area (Å²) >= 11 is 1.28. The molecule has 1 heterocycles. The van der Waals surface area contributed by atoms with Gasteiger partial charge in [0.05, 0.1) is 6.61 Å². The van der Waals surface area contributed by atoms with Gasteiger partial charge in [0.25, 0.3) is 5.91 Å². The van der Waals surface area contributed by atoms with E-state index in [1.54, 1.807) is 0 Å². The van der Waals surface area contributed by atoms with Crippen molar-refractivity contribution >= 4 is 35.0 Å². The zero-order valence-corrected chi connectivity index (χ0v) is 12.1. The molecular formula is C14H15BN2O2S. The average molecular weight is 286 g/mol. The number of carbonyl (C=O) groups is 1. The SMILES string of the molecule is [B]c1sc(NC(=O)COCc2ccccc2)nc1CC. The number of amides is 1. The molecule has 0 unspecified atom stereocenters. The topological polar surface area (TPSA) is 51.2 Å². The lowest BCUT2D eigenvalue weighted by atomic mass is 10.1. The Kier molecular flexibility index (Phi) is 5.32. The number of aromatic nitrogens is 1. The number of hydrogen-bond acceptors (Lipinski definition) is 4. The monoisotopic (exact) mass is 286 g/mol. The van der Waals surface area contributed by atoms with Gasteiger partial charge in [-0.05, 0) is 16.8 Å². The summed E-state index contributed by atoms with van der Waals surface area (Å²) in [6, 6.07) is 9.71. The van der Waals surface area contributed by atoms with Crippen LogP contribution in [0.4, 0.5) is 5.13 Å². The molecular weight excluding hydrogens is 271 g/mol. The second-order valence-corrected chi connectivity index (χ2v) is 5.24. The molecule has 0 atom stereocenters. The Bertz CT molecular complexity index is 572. The lowest BCUT2D eigenvalue weighted by Crippen LogP contribution is -2.18. The largest absolute Gasteiger partial charge is 0.367 e. The van der Waals surface area contributed by atoms with Crippen LogP contribution >= 0.6 is 11.3 Å². The molecule has 0 bridgehead atoms. The molecule has 1 aromatic heterocycles. The van der Waals surface area contributed by atoms with E-state index in [9.17, 15) is 4.79 Å². The van der Waals surface area contributed by atoms with Gasteiger partial charge in [-0.15, -0.1) is 11.3 Å². The molecule has 0 spiro atoms. The van der Waals surface area contributed by atoms with E-state index in [4.69, 9.17) is 12.6 Å². The standard InChI is InChI=1S/C14H15BN2O2S/c1-2-11-13(15)20-14(16-11)17-12(18)9-19-8-10-6-4-3-5-7-10/h3-7H,2,8-9H2,1H3,(H,16,17,18). The fourth-order valence-electron chi connectivity index (χ4n) is 1.66. The van der Waals surface area contributed by atoms with Crippen molar-refractivity contribution in [3.05, 3.63) is 41.6 Å². The third kappa shape index (κ3) is 4.18. The lowest BCUT2D eigenvalue weighted by Gasteiger charge is -2.04. The highest BCUT2D eigenvalue weighted by Crippen LogP contribution is 2.12. The van der Waals surface area contributed by atoms with Crippen LogP contribution in [0.25, 0.3) is 0 Å². The number of carbonyl (C=O) groups excluding carboxylic acids is 1. The molecule has 20 heavy (non-hydrogen) atoms. The summed E-state index contributed by atoms with van der Waals surface area (Å²) < 4.78 is 6.00. The van der Waals surface area contributed by atoms with E-state index in [1.807, 2.05) is 37.3 Å². The molecule has 1 amide bonds. The molecule has 6 heteroatoms. The second-order valence-electron chi connectivity index (χ2n) is 4.21. The number of hydrogen-bond donors (Lipinski definition) is 1. The smallest absolute Gasteiger partial charge is 0.252 e. The molecule has 0 aliphatic carbocycles. The maximum atomic E-state index is 11.7. The van der Waals surface area contributed by atoms with Crippen LogP contribution in [0.15, 0.2) is 30.3 Å². The average Bonchev–Trinajstić information content (AvgIpc) is 2.80. The van der Waals surface area contributed by atoms with Gasteiger partial charge in [0.2, 0.25) is 0 Å². The highest BCUT2D eigenvalue weighted by atomic mass is 32.1. The molecule has 2 radical (unpaired) electrons. The minimum atomic E-state index is -0.225. The van der Waals surface area contributed by atoms with Gasteiger partial charge in [-0.25, -0.2) is 4.98 Å². The van der Waals surface area contributed by atoms with E-state index >= 15 is 0 Å². The van der Waals surface area contributed by atoms with Gasteiger partial charge in [-0.3, -0.25) is 10.1 Å². The number of thiazole rings is 1. The Morgan fingerprint density at radius 1 is 1.40 bits per heavy atom. The third-order valence-electron chi connectivity index (χ3n) is 2.65. The molecule has 1 N–H and O–H groups in total. The Morgan fingerprint density at radius 2 is 2.15 bits per heavy atom. The molecule has 0 aliphatic heterocycles. The molecule has 102 valence electrons.